The molecule has 0 saturated heterocycles. The van der Waals surface area contributed by atoms with E-state index in [4.69, 9.17) is 5.41 Å². The molecule has 0 fully saturated rings. The first-order valence-corrected chi connectivity index (χ1v) is 23.9. The maximum absolute atomic E-state index is 12.5. The molecular formula is C28H26N12Na6O18S6. The first-order valence-electron chi connectivity index (χ1n) is 16.6. The van der Waals surface area contributed by atoms with E-state index in [1.807, 2.05) is 0 Å². The third kappa shape index (κ3) is 28.9. The zero-order chi connectivity index (χ0) is 46.9. The van der Waals surface area contributed by atoms with Gasteiger partial charge in [-0.25, -0.2) is 34.5 Å². The fraction of sp³-hybridized carbons (Fsp3) is 0.214. The Bertz CT molecular complexity index is 2670. The molecule has 1 unspecified atom stereocenters. The number of hydrogen-bond acceptors (Lipinski definition) is 32. The largest absolute Gasteiger partial charge is 1.00 e. The van der Waals surface area contributed by atoms with Gasteiger partial charge in [0.2, 0.25) is 23.8 Å². The van der Waals surface area contributed by atoms with E-state index in [0.717, 1.165) is 6.07 Å². The third-order valence-electron chi connectivity index (χ3n) is 6.99. The van der Waals surface area contributed by atoms with Gasteiger partial charge in [0.15, 0.2) is 11.1 Å². The second-order valence-electron chi connectivity index (χ2n) is 11.5. The van der Waals surface area contributed by atoms with Gasteiger partial charge in [-0.3, -0.25) is 15.5 Å². The van der Waals surface area contributed by atoms with Gasteiger partial charge in [-0.05, 0) is 35.4 Å². The summed E-state index contributed by atoms with van der Waals surface area (Å²) in [5, 5.41) is 55.4. The van der Waals surface area contributed by atoms with Crippen LogP contribution in [0.25, 0.3) is 12.2 Å². The molecule has 0 aliphatic heterocycles. The fourth-order valence-corrected chi connectivity index (χ4v) is 6.95. The van der Waals surface area contributed by atoms with Crippen LogP contribution in [0.1, 0.15) is 17.0 Å². The van der Waals surface area contributed by atoms with Crippen LogP contribution in [0, 0.1) is 5.41 Å². The van der Waals surface area contributed by atoms with Crippen molar-refractivity contribution in [2.24, 2.45) is 4.99 Å². The molecule has 70 heavy (non-hydrogen) atoms. The SMILES string of the molecule is N=C(Cc1nc(/N=C/CSOO[O-])nc(Nc2ccc(C=Cc3ccc(Nc4nc(NCCS(=O)(=O)[O-])nc(NCCS(=O)(=O)[O-])n4)cc3SOO[O-])c(S(=O)(=O)[O-])c2)n1)S(=O)O[O-].[Na+].[Na+].[Na+].[Na+].[Na+].[Na+]. The Labute approximate surface area is 542 Å². The Kier molecular flexibility index (Phi) is 40.5. The van der Waals surface area contributed by atoms with Crippen molar-refractivity contribution < 1.29 is 259 Å². The smallest absolute Gasteiger partial charge is 0.748 e. The van der Waals surface area contributed by atoms with Crippen molar-refractivity contribution in [3.63, 3.8) is 0 Å². The minimum absolute atomic E-state index is 0. The van der Waals surface area contributed by atoms with Gasteiger partial charge in [-0.2, -0.15) is 38.6 Å². The van der Waals surface area contributed by atoms with E-state index in [-0.39, 0.29) is 246 Å². The zero-order valence-corrected chi connectivity index (χ0v) is 54.3. The molecule has 2 aromatic carbocycles. The van der Waals surface area contributed by atoms with Crippen LogP contribution in [-0.2, 0) is 70.9 Å². The monoisotopic (exact) mass is 1150 g/mol. The second kappa shape index (κ2) is 37.7. The van der Waals surface area contributed by atoms with Crippen LogP contribution < -0.4 is 214 Å². The molecule has 0 aliphatic carbocycles. The third-order valence-corrected chi connectivity index (χ3v) is 11.0. The maximum atomic E-state index is 12.5. The van der Waals surface area contributed by atoms with E-state index in [2.05, 4.69) is 79.2 Å². The Morgan fingerprint density at radius 2 is 1.21 bits per heavy atom. The van der Waals surface area contributed by atoms with Crippen molar-refractivity contribution in [3.8, 4) is 0 Å². The average molecular weight is 1150 g/mol. The molecule has 42 heteroatoms. The standard InChI is InChI=1S/C28H32N12O18S6.6Na/c29-22(61(44)56-43)15-23-35-24(30-7-10-59-57-54-41)38-27(36-23)34-19-6-4-17(21(14-19)64(51,52)53)2-1-16-3-5-18(13-20(16)60-58-55-42)33-28-39-25(31-8-11-62(45,46)47)37-26(40-28)32-9-12-63(48,49)50;;;;;;/h1-7,13-14,29,41-43H,8-12,15H2,(H,45,46,47)(H,48,49,50)(H,51,52,53)(H,34,35,36,38)(H3,31,32,33,37,39,40);;;;;;/q;6*+1/p-6/b2-1?,29-22?,30-7+;;;;;;. The van der Waals surface area contributed by atoms with Crippen LogP contribution >= 0.6 is 24.1 Å². The van der Waals surface area contributed by atoms with Gasteiger partial charge in [0, 0.05) is 47.6 Å². The van der Waals surface area contributed by atoms with Crippen LogP contribution in [0.15, 0.2) is 51.2 Å². The van der Waals surface area contributed by atoms with Gasteiger partial charge in [0.1, 0.15) is 21.0 Å². The number of aromatic nitrogens is 6. The van der Waals surface area contributed by atoms with Gasteiger partial charge < -0.3 is 55.0 Å². The summed E-state index contributed by atoms with van der Waals surface area (Å²) in [6.45, 7) is -0.857. The Morgan fingerprint density at radius 1 is 0.700 bits per heavy atom. The summed E-state index contributed by atoms with van der Waals surface area (Å²) < 4.78 is 127. The molecule has 30 nitrogen and oxygen atoms in total. The molecule has 0 saturated carbocycles. The predicted octanol–water partition coefficient (Wildman–Crippen LogP) is -20.2. The molecule has 2 heterocycles. The second-order valence-corrected chi connectivity index (χ2v) is 18.4. The number of nitrogens with one attached hydrogen (secondary N) is 5. The molecule has 0 amide bonds. The van der Waals surface area contributed by atoms with Crippen LogP contribution in [0.2, 0.25) is 0 Å². The first-order chi connectivity index (χ1) is 30.2. The van der Waals surface area contributed by atoms with Gasteiger partial charge in [-0.1, -0.05) is 24.3 Å². The van der Waals surface area contributed by atoms with Gasteiger partial charge in [0.05, 0.1) is 60.9 Å². The maximum Gasteiger partial charge on any atom is 1.00 e. The summed E-state index contributed by atoms with van der Waals surface area (Å²) >= 11 is -1.73. The van der Waals surface area contributed by atoms with E-state index >= 15 is 0 Å². The van der Waals surface area contributed by atoms with E-state index < -0.39 is 82.4 Å². The molecule has 0 aliphatic rings. The molecule has 0 radical (unpaired) electrons. The van der Waals surface area contributed by atoms with Crippen molar-refractivity contribution in [2.75, 3.05) is 51.6 Å². The molecule has 348 valence electrons. The Morgan fingerprint density at radius 3 is 1.74 bits per heavy atom. The molecule has 2 aromatic heterocycles. The van der Waals surface area contributed by atoms with Crippen molar-refractivity contribution in [2.45, 2.75) is 16.2 Å². The average Bonchev–Trinajstić information content (AvgIpc) is 3.21. The minimum atomic E-state index is -5.21. The number of rotatable bonds is 26. The number of nitrogens with zero attached hydrogens (tertiary/aromatic N) is 7. The topological polar surface area (TPSA) is 466 Å². The van der Waals surface area contributed by atoms with Crippen molar-refractivity contribution in [3.05, 3.63) is 53.3 Å². The molecule has 4 rings (SSSR count). The Hall–Kier alpha value is 1.000. The summed E-state index contributed by atoms with van der Waals surface area (Å²) in [4.78, 5) is 27.4. The Balaban J connectivity index is -0.00000748. The van der Waals surface area contributed by atoms with Crippen LogP contribution in [0.5, 0.6) is 0 Å². The number of anilines is 6. The van der Waals surface area contributed by atoms with Crippen LogP contribution in [0.4, 0.5) is 41.1 Å². The van der Waals surface area contributed by atoms with E-state index in [9.17, 15) is 58.9 Å². The molecule has 0 spiro atoms. The number of aliphatic imine (C=N–C) groups is 1. The summed E-state index contributed by atoms with van der Waals surface area (Å²) in [7, 11) is -14.5. The zero-order valence-electron chi connectivity index (χ0n) is 37.4. The number of hydrogen-bond donors (Lipinski definition) is 5. The summed E-state index contributed by atoms with van der Waals surface area (Å²) in [6.07, 6.45) is 3.16. The van der Waals surface area contributed by atoms with Gasteiger partial charge in [-0.15, -0.1) is 0 Å². The molecule has 5 N–H and O–H groups in total. The summed E-state index contributed by atoms with van der Waals surface area (Å²) in [6, 6.07) is 7.69. The molecule has 4 aromatic rings. The molecular weight excluding hydrogens is 1120 g/mol. The normalized spacial score (nSPS) is 11.6. The van der Waals surface area contributed by atoms with E-state index in [1.54, 1.807) is 0 Å². The van der Waals surface area contributed by atoms with Crippen molar-refractivity contribution >= 4 is 130 Å². The van der Waals surface area contributed by atoms with Gasteiger partial charge in [0.25, 0.3) is 5.95 Å². The minimum Gasteiger partial charge on any atom is -0.748 e. The molecule has 0 bridgehead atoms. The number of benzene rings is 2. The predicted molar refractivity (Wildman–Crippen MR) is 214 cm³/mol. The molecule has 1 atom stereocenters. The van der Waals surface area contributed by atoms with Crippen LogP contribution in [0.3, 0.4) is 0 Å². The van der Waals surface area contributed by atoms with E-state index in [1.165, 1.54) is 48.7 Å². The summed E-state index contributed by atoms with van der Waals surface area (Å²) in [5.41, 5.74) is 0.217. The van der Waals surface area contributed by atoms with Crippen molar-refractivity contribution in [1.29, 1.82) is 5.41 Å². The quantitative estimate of drug-likeness (QED) is 0.00448. The summed E-state index contributed by atoms with van der Waals surface area (Å²) in [5.74, 6) is -3.41. The van der Waals surface area contributed by atoms with Crippen molar-refractivity contribution in [1.82, 2.24) is 29.9 Å². The van der Waals surface area contributed by atoms with E-state index in [0.29, 0.717) is 24.1 Å². The first kappa shape index (κ1) is 75.2. The fourth-order valence-electron chi connectivity index (χ4n) is 4.48. The van der Waals surface area contributed by atoms with Gasteiger partial charge >= 0.3 is 177 Å². The van der Waals surface area contributed by atoms with Crippen LogP contribution in [-0.4, -0.2) is 115 Å².